The van der Waals surface area contributed by atoms with Crippen LogP contribution in [-0.4, -0.2) is 4.57 Å². The zero-order valence-corrected chi connectivity index (χ0v) is 46.8. The molecule has 0 saturated carbocycles. The number of anilines is 6. The van der Waals surface area contributed by atoms with Crippen LogP contribution in [0.2, 0.25) is 0 Å². The summed E-state index contributed by atoms with van der Waals surface area (Å²) in [5, 5.41) is 10.2. The van der Waals surface area contributed by atoms with Crippen molar-refractivity contribution in [3.63, 3.8) is 0 Å². The van der Waals surface area contributed by atoms with Crippen LogP contribution in [0.15, 0.2) is 309 Å². The molecule has 1 heterocycles. The Hall–Kier alpha value is -10.7. The molecule has 0 spiro atoms. The third-order valence-corrected chi connectivity index (χ3v) is 17.7. The topological polar surface area (TPSA) is 11.4 Å². The summed E-state index contributed by atoms with van der Waals surface area (Å²) in [6.45, 7) is 4.79. The third kappa shape index (κ3) is 8.11. The number of hydrogen-bond donors (Lipinski definition) is 0. The predicted molar refractivity (Wildman–Crippen MR) is 357 cm³/mol. The SMILES string of the molecule is CC1(C)c2ccc(N(c3ccc(-c4ccccc4)cc3)c3ccc(N(c4ccc(-c5ccccc5)cc4)c4cccc(-c5ccc6c(c5)c5ccccc5n6-c5ccccc5)c4)cc3)cc2-c2cc3c4ccccc4c4ccccc4c3cc21. The summed E-state index contributed by atoms with van der Waals surface area (Å²) in [5.41, 5.74) is 22.1. The lowest BCUT2D eigenvalue weighted by Gasteiger charge is -2.29. The van der Waals surface area contributed by atoms with E-state index >= 15 is 0 Å². The van der Waals surface area contributed by atoms with Crippen molar-refractivity contribution in [1.82, 2.24) is 4.57 Å². The van der Waals surface area contributed by atoms with Crippen LogP contribution in [0.1, 0.15) is 25.0 Å². The lowest BCUT2D eigenvalue weighted by atomic mass is 9.81. The Morgan fingerprint density at radius 2 is 0.631 bits per heavy atom. The summed E-state index contributed by atoms with van der Waals surface area (Å²) in [6.07, 6.45) is 0. The van der Waals surface area contributed by atoms with Crippen molar-refractivity contribution >= 4 is 88.2 Å². The standard InChI is InChI=1S/C81H57N3/c1-81(2)77-47-46-66(51-74(77)75-52-72-69-29-14-12-27-67(69)68-28-13-15-30-70(68)73(72)53-78(75)81)83(62-40-35-57(36-41-62)55-21-8-4-9-22-55)64-44-42-63(43-45-64)82(61-38-33-56(34-39-61)54-19-6-3-7-20-54)65-26-18-23-58(49-65)59-37-48-80-76(50-59)71-31-16-17-32-79(71)84(80)60-24-10-5-11-25-60/h3-53H,1-2H3. The number of nitrogens with zero attached hydrogens (tertiary/aromatic N) is 3. The smallest absolute Gasteiger partial charge is 0.0541 e. The average molecular weight is 1070 g/mol. The van der Waals surface area contributed by atoms with Gasteiger partial charge in [-0.15, -0.1) is 0 Å². The van der Waals surface area contributed by atoms with Crippen molar-refractivity contribution in [1.29, 1.82) is 0 Å². The molecule has 0 aliphatic heterocycles. The molecule has 84 heavy (non-hydrogen) atoms. The quantitative estimate of drug-likeness (QED) is 0.126. The first-order chi connectivity index (χ1) is 41.4. The maximum absolute atomic E-state index is 2.50. The Kier molecular flexibility index (Phi) is 11.6. The van der Waals surface area contributed by atoms with Crippen LogP contribution < -0.4 is 9.80 Å². The van der Waals surface area contributed by atoms with Gasteiger partial charge in [0.1, 0.15) is 0 Å². The Labute approximate surface area is 489 Å². The number of benzene rings is 14. The normalized spacial score (nSPS) is 12.5. The van der Waals surface area contributed by atoms with Gasteiger partial charge in [0.2, 0.25) is 0 Å². The molecule has 396 valence electrons. The zero-order valence-electron chi connectivity index (χ0n) is 46.8. The number of para-hydroxylation sites is 2. The maximum Gasteiger partial charge on any atom is 0.0541 e. The van der Waals surface area contributed by atoms with Crippen LogP contribution in [0.25, 0.3) is 104 Å². The van der Waals surface area contributed by atoms with Gasteiger partial charge in [0.05, 0.1) is 11.0 Å². The number of rotatable bonds is 10. The van der Waals surface area contributed by atoms with Crippen molar-refractivity contribution < 1.29 is 0 Å². The van der Waals surface area contributed by atoms with Crippen LogP contribution in [0.5, 0.6) is 0 Å². The second-order valence-electron chi connectivity index (χ2n) is 22.9. The number of hydrogen-bond acceptors (Lipinski definition) is 2. The first kappa shape index (κ1) is 49.1. The molecular formula is C81H57N3. The van der Waals surface area contributed by atoms with Gasteiger partial charge in [0, 0.05) is 56.0 Å². The molecule has 1 aromatic heterocycles. The van der Waals surface area contributed by atoms with E-state index in [1.165, 1.54) is 104 Å². The predicted octanol–water partition coefficient (Wildman–Crippen LogP) is 22.5. The van der Waals surface area contributed by atoms with E-state index in [2.05, 4.69) is 338 Å². The molecule has 0 amide bonds. The Balaban J connectivity index is 0.827. The van der Waals surface area contributed by atoms with Gasteiger partial charge in [-0.2, -0.15) is 0 Å². The minimum Gasteiger partial charge on any atom is -0.310 e. The Morgan fingerprint density at radius 3 is 1.20 bits per heavy atom. The van der Waals surface area contributed by atoms with Gasteiger partial charge in [-0.1, -0.05) is 208 Å². The summed E-state index contributed by atoms with van der Waals surface area (Å²) in [6, 6.07) is 114. The molecule has 3 nitrogen and oxygen atoms in total. The van der Waals surface area contributed by atoms with E-state index in [-0.39, 0.29) is 5.41 Å². The molecule has 0 radical (unpaired) electrons. The highest BCUT2D eigenvalue weighted by molar-refractivity contribution is 6.26. The van der Waals surface area contributed by atoms with E-state index in [0.717, 1.165) is 45.4 Å². The van der Waals surface area contributed by atoms with E-state index in [1.807, 2.05) is 0 Å². The summed E-state index contributed by atoms with van der Waals surface area (Å²) in [5.74, 6) is 0. The van der Waals surface area contributed by atoms with Gasteiger partial charge in [0.15, 0.2) is 0 Å². The highest BCUT2D eigenvalue weighted by Gasteiger charge is 2.37. The lowest BCUT2D eigenvalue weighted by molar-refractivity contribution is 0.661. The minimum absolute atomic E-state index is 0.205. The van der Waals surface area contributed by atoms with Crippen molar-refractivity contribution in [2.24, 2.45) is 0 Å². The molecule has 15 aromatic rings. The summed E-state index contributed by atoms with van der Waals surface area (Å²) in [4.78, 5) is 4.82. The fourth-order valence-electron chi connectivity index (χ4n) is 13.6. The largest absolute Gasteiger partial charge is 0.310 e. The molecular weight excluding hydrogens is 1010 g/mol. The van der Waals surface area contributed by atoms with Crippen LogP contribution in [0.4, 0.5) is 34.1 Å². The highest BCUT2D eigenvalue weighted by atomic mass is 15.2. The zero-order chi connectivity index (χ0) is 55.9. The van der Waals surface area contributed by atoms with E-state index < -0.39 is 0 Å². The molecule has 0 bridgehead atoms. The first-order valence-corrected chi connectivity index (χ1v) is 29.1. The molecule has 14 aromatic carbocycles. The van der Waals surface area contributed by atoms with Gasteiger partial charge in [0.25, 0.3) is 0 Å². The molecule has 0 atom stereocenters. The third-order valence-electron chi connectivity index (χ3n) is 17.7. The van der Waals surface area contributed by atoms with Crippen LogP contribution in [0, 0.1) is 0 Å². The fourth-order valence-corrected chi connectivity index (χ4v) is 13.6. The molecule has 0 fully saturated rings. The van der Waals surface area contributed by atoms with Gasteiger partial charge in [-0.25, -0.2) is 0 Å². The maximum atomic E-state index is 2.50. The summed E-state index contributed by atoms with van der Waals surface area (Å²) >= 11 is 0. The van der Waals surface area contributed by atoms with E-state index in [4.69, 9.17) is 0 Å². The van der Waals surface area contributed by atoms with Gasteiger partial charge < -0.3 is 14.4 Å². The van der Waals surface area contributed by atoms with Crippen molar-refractivity contribution in [2.75, 3.05) is 9.80 Å². The van der Waals surface area contributed by atoms with Crippen LogP contribution in [0.3, 0.4) is 0 Å². The summed E-state index contributed by atoms with van der Waals surface area (Å²) in [7, 11) is 0. The van der Waals surface area contributed by atoms with Gasteiger partial charge in [-0.3, -0.25) is 0 Å². The van der Waals surface area contributed by atoms with E-state index in [0.29, 0.717) is 0 Å². The van der Waals surface area contributed by atoms with E-state index in [1.54, 1.807) is 0 Å². The van der Waals surface area contributed by atoms with Crippen molar-refractivity contribution in [2.45, 2.75) is 19.3 Å². The molecule has 0 saturated heterocycles. The molecule has 0 unspecified atom stereocenters. The number of aromatic nitrogens is 1. The second-order valence-corrected chi connectivity index (χ2v) is 22.9. The monoisotopic (exact) mass is 1070 g/mol. The van der Waals surface area contributed by atoms with Crippen molar-refractivity contribution in [3.05, 3.63) is 321 Å². The van der Waals surface area contributed by atoms with Gasteiger partial charge in [-0.05, 0) is 203 Å². The van der Waals surface area contributed by atoms with E-state index in [9.17, 15) is 0 Å². The van der Waals surface area contributed by atoms with Crippen LogP contribution >= 0.6 is 0 Å². The Bertz CT molecular complexity index is 5000. The first-order valence-electron chi connectivity index (χ1n) is 29.1. The molecule has 1 aliphatic carbocycles. The second kappa shape index (κ2) is 19.8. The van der Waals surface area contributed by atoms with Crippen LogP contribution in [-0.2, 0) is 5.41 Å². The molecule has 0 N–H and O–H groups in total. The Morgan fingerprint density at radius 1 is 0.238 bits per heavy atom. The molecule has 16 rings (SSSR count). The molecule has 3 heteroatoms. The van der Waals surface area contributed by atoms with Gasteiger partial charge >= 0.3 is 0 Å². The summed E-state index contributed by atoms with van der Waals surface area (Å²) < 4.78 is 2.38. The minimum atomic E-state index is -0.205. The fraction of sp³-hybridized carbons (Fsp3) is 0.0370. The highest BCUT2D eigenvalue weighted by Crippen LogP contribution is 2.53. The lowest BCUT2D eigenvalue weighted by Crippen LogP contribution is -2.15. The number of fused-ring (bicyclic) bond motifs is 12. The average Bonchev–Trinajstić information content (AvgIpc) is 1.69. The molecule has 1 aliphatic rings. The van der Waals surface area contributed by atoms with Crippen molar-refractivity contribution in [3.8, 4) is 50.2 Å².